The van der Waals surface area contributed by atoms with Gasteiger partial charge in [-0.25, -0.2) is 9.59 Å². The smallest absolute Gasteiger partial charge is 0.335 e. The Balaban J connectivity index is 2.92. The van der Waals surface area contributed by atoms with Gasteiger partial charge in [0.05, 0.1) is 11.3 Å². The van der Waals surface area contributed by atoms with Crippen LogP contribution >= 0.6 is 0 Å². The van der Waals surface area contributed by atoms with Gasteiger partial charge in [0.1, 0.15) is 5.75 Å². The summed E-state index contributed by atoms with van der Waals surface area (Å²) >= 11 is 0. The van der Waals surface area contributed by atoms with Gasteiger partial charge in [-0.15, -0.1) is 0 Å². The predicted molar refractivity (Wildman–Crippen MR) is 65.1 cm³/mol. The monoisotopic (exact) mass is 265 g/mol. The maximum atomic E-state index is 11.5. The number of aromatic hydroxyl groups is 1. The SMILES string of the molecule is C/C(=C\C(=O)O)C(=O)Nc1ccc(C(=O)O)cc1O. The molecule has 100 valence electrons. The number of amides is 1. The van der Waals surface area contributed by atoms with E-state index in [1.807, 2.05) is 0 Å². The van der Waals surface area contributed by atoms with E-state index < -0.39 is 23.6 Å². The third-order valence-electron chi connectivity index (χ3n) is 2.19. The Morgan fingerprint density at radius 3 is 2.32 bits per heavy atom. The van der Waals surface area contributed by atoms with Crippen LogP contribution in [0.25, 0.3) is 0 Å². The van der Waals surface area contributed by atoms with Gasteiger partial charge in [-0.2, -0.15) is 0 Å². The van der Waals surface area contributed by atoms with Gasteiger partial charge in [-0.05, 0) is 25.1 Å². The van der Waals surface area contributed by atoms with Gasteiger partial charge < -0.3 is 20.6 Å². The molecule has 0 saturated carbocycles. The largest absolute Gasteiger partial charge is 0.506 e. The normalized spacial score (nSPS) is 10.9. The van der Waals surface area contributed by atoms with Gasteiger partial charge in [0, 0.05) is 11.6 Å². The molecule has 1 aromatic rings. The number of benzene rings is 1. The number of phenols is 1. The summed E-state index contributed by atoms with van der Waals surface area (Å²) in [4.78, 5) is 32.6. The number of carbonyl (C=O) groups is 3. The zero-order valence-corrected chi connectivity index (χ0v) is 9.88. The molecule has 4 N–H and O–H groups in total. The molecule has 0 aliphatic heterocycles. The van der Waals surface area contributed by atoms with E-state index >= 15 is 0 Å². The van der Waals surface area contributed by atoms with E-state index in [4.69, 9.17) is 10.2 Å². The zero-order valence-electron chi connectivity index (χ0n) is 9.88. The Labute approximate surface area is 107 Å². The molecular weight excluding hydrogens is 254 g/mol. The minimum absolute atomic E-state index is 0.00635. The molecule has 0 aromatic heterocycles. The fourth-order valence-electron chi connectivity index (χ4n) is 1.24. The lowest BCUT2D eigenvalue weighted by atomic mass is 10.2. The number of hydrogen-bond donors (Lipinski definition) is 4. The Morgan fingerprint density at radius 2 is 1.84 bits per heavy atom. The number of carbonyl (C=O) groups excluding carboxylic acids is 1. The van der Waals surface area contributed by atoms with Crippen molar-refractivity contribution in [3.63, 3.8) is 0 Å². The molecule has 19 heavy (non-hydrogen) atoms. The molecular formula is C12H11NO6. The third-order valence-corrected chi connectivity index (χ3v) is 2.19. The van der Waals surface area contributed by atoms with Crippen molar-refractivity contribution in [1.29, 1.82) is 0 Å². The van der Waals surface area contributed by atoms with Gasteiger partial charge in [-0.3, -0.25) is 4.79 Å². The summed E-state index contributed by atoms with van der Waals surface area (Å²) in [6.07, 6.45) is 0.720. The van der Waals surface area contributed by atoms with Crippen LogP contribution in [-0.4, -0.2) is 33.2 Å². The summed E-state index contributed by atoms with van der Waals surface area (Å²) < 4.78 is 0. The molecule has 1 aromatic carbocycles. The highest BCUT2D eigenvalue weighted by atomic mass is 16.4. The second-order valence-corrected chi connectivity index (χ2v) is 3.66. The molecule has 7 nitrogen and oxygen atoms in total. The number of aromatic carboxylic acids is 1. The number of hydrogen-bond acceptors (Lipinski definition) is 4. The first-order valence-electron chi connectivity index (χ1n) is 5.10. The maximum Gasteiger partial charge on any atom is 0.335 e. The van der Waals surface area contributed by atoms with E-state index in [0.717, 1.165) is 12.1 Å². The second kappa shape index (κ2) is 5.67. The summed E-state index contributed by atoms with van der Waals surface area (Å²) in [6.45, 7) is 1.30. The van der Waals surface area contributed by atoms with E-state index in [0.29, 0.717) is 0 Å². The number of carboxylic acids is 2. The summed E-state index contributed by atoms with van der Waals surface area (Å²) in [5.74, 6) is -3.61. The number of rotatable bonds is 4. The molecule has 7 heteroatoms. The minimum atomic E-state index is -1.27. The lowest BCUT2D eigenvalue weighted by molar-refractivity contribution is -0.131. The van der Waals surface area contributed by atoms with E-state index in [-0.39, 0.29) is 16.8 Å². The number of phenolic OH excluding ortho intramolecular Hbond substituents is 1. The third kappa shape index (κ3) is 3.84. The zero-order chi connectivity index (χ0) is 14.6. The van der Waals surface area contributed by atoms with Crippen molar-refractivity contribution in [2.45, 2.75) is 6.92 Å². The molecule has 0 heterocycles. The average molecular weight is 265 g/mol. The van der Waals surface area contributed by atoms with Crippen molar-refractivity contribution in [3.05, 3.63) is 35.4 Å². The first-order chi connectivity index (χ1) is 8.81. The van der Waals surface area contributed by atoms with Crippen LogP contribution in [0.15, 0.2) is 29.8 Å². The van der Waals surface area contributed by atoms with Crippen LogP contribution in [0, 0.1) is 0 Å². The number of aliphatic carboxylic acids is 1. The second-order valence-electron chi connectivity index (χ2n) is 3.66. The van der Waals surface area contributed by atoms with Gasteiger partial charge in [-0.1, -0.05) is 0 Å². The Hall–Kier alpha value is -2.83. The molecule has 0 aliphatic carbocycles. The molecule has 0 spiro atoms. The fraction of sp³-hybridized carbons (Fsp3) is 0.0833. The first kappa shape index (κ1) is 14.2. The molecule has 1 amide bonds. The van der Waals surface area contributed by atoms with Crippen molar-refractivity contribution >= 4 is 23.5 Å². The van der Waals surface area contributed by atoms with Gasteiger partial charge in [0.2, 0.25) is 0 Å². The molecule has 1 rings (SSSR count). The van der Waals surface area contributed by atoms with Gasteiger partial charge >= 0.3 is 11.9 Å². The highest BCUT2D eigenvalue weighted by Gasteiger charge is 2.11. The summed E-state index contributed by atoms with van der Waals surface area (Å²) in [5, 5.41) is 29.0. The molecule has 0 fully saturated rings. The van der Waals surface area contributed by atoms with Crippen LogP contribution in [0.2, 0.25) is 0 Å². The van der Waals surface area contributed by atoms with Crippen LogP contribution in [0.3, 0.4) is 0 Å². The van der Waals surface area contributed by atoms with E-state index in [1.54, 1.807) is 0 Å². The number of anilines is 1. The maximum absolute atomic E-state index is 11.5. The quantitative estimate of drug-likeness (QED) is 0.476. The van der Waals surface area contributed by atoms with Crippen molar-refractivity contribution in [1.82, 2.24) is 0 Å². The lowest BCUT2D eigenvalue weighted by Gasteiger charge is -2.07. The minimum Gasteiger partial charge on any atom is -0.506 e. The predicted octanol–water partition coefficient (Wildman–Crippen LogP) is 1.06. The van der Waals surface area contributed by atoms with Crippen molar-refractivity contribution in [2.75, 3.05) is 5.32 Å². The molecule has 0 unspecified atom stereocenters. The van der Waals surface area contributed by atoms with Crippen molar-refractivity contribution < 1.29 is 29.7 Å². The average Bonchev–Trinajstić information content (AvgIpc) is 2.30. The van der Waals surface area contributed by atoms with Crippen molar-refractivity contribution in [2.24, 2.45) is 0 Å². The Morgan fingerprint density at radius 1 is 1.21 bits per heavy atom. The van der Waals surface area contributed by atoms with E-state index in [2.05, 4.69) is 5.32 Å². The van der Waals surface area contributed by atoms with Crippen LogP contribution in [0.4, 0.5) is 5.69 Å². The van der Waals surface area contributed by atoms with Crippen LogP contribution in [0.5, 0.6) is 5.75 Å². The number of nitrogens with one attached hydrogen (secondary N) is 1. The van der Waals surface area contributed by atoms with Gasteiger partial charge in [0.25, 0.3) is 5.91 Å². The standard InChI is InChI=1S/C12H11NO6/c1-6(4-10(15)16)11(17)13-8-3-2-7(12(18)19)5-9(8)14/h2-5,14H,1H3,(H,13,17)(H,15,16)(H,18,19)/b6-4+. The van der Waals surface area contributed by atoms with Crippen molar-refractivity contribution in [3.8, 4) is 5.75 Å². The summed E-state index contributed by atoms with van der Waals surface area (Å²) in [5.41, 5.74) is -0.198. The molecule has 0 bridgehead atoms. The first-order valence-corrected chi connectivity index (χ1v) is 5.10. The lowest BCUT2D eigenvalue weighted by Crippen LogP contribution is -2.14. The van der Waals surface area contributed by atoms with Crippen LogP contribution < -0.4 is 5.32 Å². The van der Waals surface area contributed by atoms with E-state index in [9.17, 15) is 19.5 Å². The Bertz CT molecular complexity index is 576. The number of carboxylic acid groups (broad SMARTS) is 2. The van der Waals surface area contributed by atoms with E-state index in [1.165, 1.54) is 19.1 Å². The topological polar surface area (TPSA) is 124 Å². The summed E-state index contributed by atoms with van der Waals surface area (Å²) in [7, 11) is 0. The molecule has 0 atom stereocenters. The highest BCUT2D eigenvalue weighted by molar-refractivity contribution is 6.07. The highest BCUT2D eigenvalue weighted by Crippen LogP contribution is 2.24. The van der Waals surface area contributed by atoms with Gasteiger partial charge in [0.15, 0.2) is 0 Å². The fourth-order valence-corrected chi connectivity index (χ4v) is 1.24. The van der Waals surface area contributed by atoms with Crippen LogP contribution in [0.1, 0.15) is 17.3 Å². The summed E-state index contributed by atoms with van der Waals surface area (Å²) in [6, 6.07) is 3.40. The Kier molecular flexibility index (Phi) is 4.25. The molecule has 0 saturated heterocycles. The van der Waals surface area contributed by atoms with Crippen LogP contribution in [-0.2, 0) is 9.59 Å². The molecule has 0 aliphatic rings. The molecule has 0 radical (unpaired) electrons.